The highest BCUT2D eigenvalue weighted by Crippen LogP contribution is 2.70. The zero-order chi connectivity index (χ0) is 36.8. The molecule has 0 amide bonds. The summed E-state index contributed by atoms with van der Waals surface area (Å²) in [5.41, 5.74) is 13.6. The van der Waals surface area contributed by atoms with Crippen molar-refractivity contribution in [2.45, 2.75) is 37.5 Å². The van der Waals surface area contributed by atoms with Crippen LogP contribution in [0.15, 0.2) is 164 Å². The number of rotatable bonds is 5. The van der Waals surface area contributed by atoms with Crippen molar-refractivity contribution < 1.29 is 0 Å². The third kappa shape index (κ3) is 4.79. The second kappa shape index (κ2) is 12.4. The van der Waals surface area contributed by atoms with E-state index >= 15 is 0 Å². The molecule has 0 unspecified atom stereocenters. The van der Waals surface area contributed by atoms with E-state index in [1.807, 2.05) is 0 Å². The van der Waals surface area contributed by atoms with Crippen LogP contribution in [0.25, 0.3) is 78.3 Å². The van der Waals surface area contributed by atoms with Crippen LogP contribution in [-0.4, -0.2) is 15.0 Å². The lowest BCUT2D eigenvalue weighted by atomic mass is 9.43. The van der Waals surface area contributed by atoms with Crippen LogP contribution in [0.5, 0.6) is 0 Å². The van der Waals surface area contributed by atoms with Gasteiger partial charge < -0.3 is 0 Å². The van der Waals surface area contributed by atoms with Crippen molar-refractivity contribution in [2.75, 3.05) is 0 Å². The van der Waals surface area contributed by atoms with Gasteiger partial charge in [-0.25, -0.2) is 15.0 Å². The second-order valence-electron chi connectivity index (χ2n) is 16.8. The van der Waals surface area contributed by atoms with Gasteiger partial charge in [-0.2, -0.15) is 0 Å². The Bertz CT molecular complexity index is 2780. The summed E-state index contributed by atoms with van der Waals surface area (Å²) >= 11 is 0. The first-order valence-corrected chi connectivity index (χ1v) is 20.4. The predicted molar refractivity (Wildman–Crippen MR) is 228 cm³/mol. The molecule has 1 heterocycles. The van der Waals surface area contributed by atoms with Gasteiger partial charge in [0.25, 0.3) is 0 Å². The van der Waals surface area contributed by atoms with Crippen molar-refractivity contribution in [3.05, 3.63) is 175 Å². The van der Waals surface area contributed by atoms with Gasteiger partial charge in [-0.05, 0) is 117 Å². The topological polar surface area (TPSA) is 38.7 Å². The highest BCUT2D eigenvalue weighted by Gasteiger charge is 2.62. The van der Waals surface area contributed by atoms with E-state index in [4.69, 9.17) is 15.0 Å². The first kappa shape index (κ1) is 32.1. The molecule has 0 radical (unpaired) electrons. The molecule has 5 aliphatic rings. The molecular formula is C53H41N3. The van der Waals surface area contributed by atoms with Gasteiger partial charge >= 0.3 is 0 Å². The molecule has 5 aliphatic carbocycles. The molecule has 268 valence electrons. The van der Waals surface area contributed by atoms with Crippen LogP contribution in [0.1, 0.15) is 43.2 Å². The Morgan fingerprint density at radius 2 is 0.911 bits per heavy atom. The lowest BCUT2D eigenvalue weighted by Crippen LogP contribution is -2.55. The predicted octanol–water partition coefficient (Wildman–Crippen LogP) is 13.1. The summed E-state index contributed by atoms with van der Waals surface area (Å²) in [6, 6.07) is 59.4. The van der Waals surface area contributed by atoms with Crippen LogP contribution in [0.3, 0.4) is 0 Å². The van der Waals surface area contributed by atoms with E-state index in [1.54, 1.807) is 5.56 Å². The molecule has 0 saturated heterocycles. The van der Waals surface area contributed by atoms with Crippen molar-refractivity contribution in [2.24, 2.45) is 23.7 Å². The molecule has 0 atom stereocenters. The van der Waals surface area contributed by atoms with Crippen molar-refractivity contribution in [3.8, 4) is 67.5 Å². The highest BCUT2D eigenvalue weighted by atomic mass is 15.0. The molecule has 1 spiro atoms. The SMILES string of the molecule is c1ccc(-c2ccc(-c3nc(-c4cccc(-c5ccccc5)c4)nc(-c4cccc5c4-c4c(ccc6ccccc46)C54C5CC6CC(C5)CC4C6)n3)cc2)cc1. The first-order chi connectivity index (χ1) is 27.7. The van der Waals surface area contributed by atoms with E-state index in [1.165, 1.54) is 76.3 Å². The molecule has 1 aromatic heterocycles. The smallest absolute Gasteiger partial charge is 0.164 e. The minimum atomic E-state index is 0.0358. The normalized spacial score (nSPS) is 22.7. The summed E-state index contributed by atoms with van der Waals surface area (Å²) in [5, 5.41) is 2.63. The minimum absolute atomic E-state index is 0.0358. The molecule has 3 nitrogen and oxygen atoms in total. The van der Waals surface area contributed by atoms with Gasteiger partial charge in [-0.15, -0.1) is 0 Å². The summed E-state index contributed by atoms with van der Waals surface area (Å²) in [4.78, 5) is 16.1. The van der Waals surface area contributed by atoms with Crippen molar-refractivity contribution >= 4 is 10.8 Å². The van der Waals surface area contributed by atoms with E-state index in [2.05, 4.69) is 164 Å². The quantitative estimate of drug-likeness (QED) is 0.178. The maximum atomic E-state index is 5.43. The monoisotopic (exact) mass is 719 g/mol. The lowest BCUT2D eigenvalue weighted by molar-refractivity contribution is -0.0399. The number of benzene rings is 7. The number of nitrogens with zero attached hydrogens (tertiary/aromatic N) is 3. The molecular weight excluding hydrogens is 679 g/mol. The highest BCUT2D eigenvalue weighted by molar-refractivity contribution is 6.06. The zero-order valence-corrected chi connectivity index (χ0v) is 31.3. The maximum Gasteiger partial charge on any atom is 0.164 e. The van der Waals surface area contributed by atoms with Crippen LogP contribution in [0.4, 0.5) is 0 Å². The molecule has 8 aromatic rings. The Labute approximate surface area is 328 Å². The fourth-order valence-corrected chi connectivity index (χ4v) is 11.9. The fraction of sp³-hybridized carbons (Fsp3) is 0.189. The number of fused-ring (bicyclic) bond motifs is 5. The lowest BCUT2D eigenvalue weighted by Gasteiger charge is -2.61. The molecule has 4 saturated carbocycles. The van der Waals surface area contributed by atoms with Gasteiger partial charge in [0.05, 0.1) is 0 Å². The molecule has 3 heteroatoms. The maximum absolute atomic E-state index is 5.43. The molecule has 13 rings (SSSR count). The summed E-state index contributed by atoms with van der Waals surface area (Å²) in [6.45, 7) is 0. The number of hydrogen-bond donors (Lipinski definition) is 0. The van der Waals surface area contributed by atoms with Gasteiger partial charge in [0.15, 0.2) is 17.5 Å². The van der Waals surface area contributed by atoms with Crippen molar-refractivity contribution in [1.29, 1.82) is 0 Å². The third-order valence-corrected chi connectivity index (χ3v) is 13.9. The molecule has 56 heavy (non-hydrogen) atoms. The Morgan fingerprint density at radius 1 is 0.375 bits per heavy atom. The summed E-state index contributed by atoms with van der Waals surface area (Å²) in [7, 11) is 0. The van der Waals surface area contributed by atoms with E-state index in [-0.39, 0.29) is 5.41 Å². The molecule has 0 N–H and O–H groups in total. The molecule has 0 aliphatic heterocycles. The van der Waals surface area contributed by atoms with Gasteiger partial charge in [0.2, 0.25) is 0 Å². The average molecular weight is 720 g/mol. The van der Waals surface area contributed by atoms with Gasteiger partial charge in [0, 0.05) is 22.1 Å². The summed E-state index contributed by atoms with van der Waals surface area (Å²) < 4.78 is 0. The molecule has 7 aromatic carbocycles. The Kier molecular flexibility index (Phi) is 7.11. The second-order valence-corrected chi connectivity index (χ2v) is 16.8. The van der Waals surface area contributed by atoms with Crippen LogP contribution >= 0.6 is 0 Å². The Balaban J connectivity index is 1.09. The Morgan fingerprint density at radius 3 is 1.64 bits per heavy atom. The number of hydrogen-bond acceptors (Lipinski definition) is 3. The van der Waals surface area contributed by atoms with E-state index < -0.39 is 0 Å². The molecule has 4 fully saturated rings. The Hall–Kier alpha value is -6.19. The van der Waals surface area contributed by atoms with Gasteiger partial charge in [0.1, 0.15) is 0 Å². The van der Waals surface area contributed by atoms with E-state index in [0.29, 0.717) is 23.5 Å². The van der Waals surface area contributed by atoms with Crippen molar-refractivity contribution in [3.63, 3.8) is 0 Å². The molecule has 4 bridgehead atoms. The van der Waals surface area contributed by atoms with Gasteiger partial charge in [-0.1, -0.05) is 158 Å². The third-order valence-electron chi connectivity index (χ3n) is 13.9. The zero-order valence-electron chi connectivity index (χ0n) is 31.3. The van der Waals surface area contributed by atoms with Crippen LogP contribution in [0, 0.1) is 23.7 Å². The van der Waals surface area contributed by atoms with Crippen LogP contribution in [0.2, 0.25) is 0 Å². The summed E-state index contributed by atoms with van der Waals surface area (Å²) in [6.07, 6.45) is 6.83. The standard InChI is InChI=1S/C53H41N3/c1-3-11-35(12-4-1)37-21-23-39(24-22-37)50-54-51(41-17-9-16-40(32-41)36-13-5-2-6-14-36)56-52(55-50)45-19-10-20-46-49(45)48-44-18-8-7-15-38(44)25-26-47(48)53(46)42-28-33-27-34(30-42)31-43(53)29-33/h1-26,32-34,42-43H,27-31H2. The van der Waals surface area contributed by atoms with Crippen LogP contribution < -0.4 is 0 Å². The fourth-order valence-electron chi connectivity index (χ4n) is 11.9. The van der Waals surface area contributed by atoms with Crippen LogP contribution in [-0.2, 0) is 5.41 Å². The average Bonchev–Trinajstić information content (AvgIpc) is 3.57. The van der Waals surface area contributed by atoms with Crippen molar-refractivity contribution in [1.82, 2.24) is 15.0 Å². The van der Waals surface area contributed by atoms with E-state index in [9.17, 15) is 0 Å². The van der Waals surface area contributed by atoms with Gasteiger partial charge in [-0.3, -0.25) is 0 Å². The largest absolute Gasteiger partial charge is 0.208 e. The summed E-state index contributed by atoms with van der Waals surface area (Å²) in [5.74, 6) is 5.22. The minimum Gasteiger partial charge on any atom is -0.208 e. The first-order valence-electron chi connectivity index (χ1n) is 20.4. The number of aromatic nitrogens is 3. The van der Waals surface area contributed by atoms with E-state index in [0.717, 1.165) is 39.9 Å².